The summed E-state index contributed by atoms with van der Waals surface area (Å²) < 4.78 is 5.93. The van der Waals surface area contributed by atoms with E-state index in [1.54, 1.807) is 0 Å². The molecule has 25 heavy (non-hydrogen) atoms. The molecule has 0 saturated heterocycles. The van der Waals surface area contributed by atoms with Crippen molar-refractivity contribution < 1.29 is 9.84 Å². The topological polar surface area (TPSA) is 32.7 Å². The lowest BCUT2D eigenvalue weighted by molar-refractivity contribution is 0.151. The summed E-state index contributed by atoms with van der Waals surface area (Å²) in [6.45, 7) is 9.79. The number of fused-ring (bicyclic) bond motifs is 1. The molecule has 0 fully saturated rings. The van der Waals surface area contributed by atoms with Gasteiger partial charge in [0.05, 0.1) is 6.10 Å². The van der Waals surface area contributed by atoms with Crippen LogP contribution >= 0.6 is 0 Å². The van der Waals surface area contributed by atoms with Crippen LogP contribution in [-0.4, -0.2) is 23.2 Å². The number of rotatable bonds is 5. The molecule has 0 radical (unpaired) electrons. The summed E-state index contributed by atoms with van der Waals surface area (Å²) in [5.74, 6) is 1.43. The molecule has 0 aromatic heterocycles. The molecule has 1 N–H and O–H groups in total. The number of hydrogen-bond donors (Lipinski definition) is 1. The van der Waals surface area contributed by atoms with Gasteiger partial charge in [-0.3, -0.25) is 4.90 Å². The molecule has 1 aliphatic heterocycles. The molecule has 1 unspecified atom stereocenters. The average Bonchev–Trinajstić information content (AvgIpc) is 2.75. The van der Waals surface area contributed by atoms with E-state index >= 15 is 0 Å². The predicted octanol–water partition coefficient (Wildman–Crippen LogP) is 4.47. The highest BCUT2D eigenvalue weighted by Crippen LogP contribution is 2.29. The normalized spacial score (nSPS) is 16.2. The lowest BCUT2D eigenvalue weighted by atomic mass is 9.97. The summed E-state index contributed by atoms with van der Waals surface area (Å²) in [6, 6.07) is 14.8. The fourth-order valence-corrected chi connectivity index (χ4v) is 3.46. The van der Waals surface area contributed by atoms with Gasteiger partial charge >= 0.3 is 0 Å². The maximum atomic E-state index is 10.4. The molecule has 3 rings (SSSR count). The van der Waals surface area contributed by atoms with E-state index in [4.69, 9.17) is 4.74 Å². The maximum Gasteiger partial charge on any atom is 0.123 e. The minimum Gasteiger partial charge on any atom is -0.492 e. The van der Waals surface area contributed by atoms with Gasteiger partial charge in [-0.25, -0.2) is 0 Å². The van der Waals surface area contributed by atoms with Crippen molar-refractivity contribution in [3.05, 3.63) is 64.7 Å². The van der Waals surface area contributed by atoms with Crippen molar-refractivity contribution in [3.63, 3.8) is 0 Å². The fourth-order valence-electron chi connectivity index (χ4n) is 3.46. The van der Waals surface area contributed by atoms with E-state index in [-0.39, 0.29) is 0 Å². The number of hydrogen-bond acceptors (Lipinski definition) is 3. The summed E-state index contributed by atoms with van der Waals surface area (Å²) >= 11 is 0. The maximum absolute atomic E-state index is 10.4. The van der Waals surface area contributed by atoms with Crippen LogP contribution < -0.4 is 4.74 Å². The predicted molar refractivity (Wildman–Crippen MR) is 102 cm³/mol. The van der Waals surface area contributed by atoms with E-state index < -0.39 is 6.10 Å². The molecule has 3 nitrogen and oxygen atoms in total. The van der Waals surface area contributed by atoms with Crippen LogP contribution in [0.15, 0.2) is 42.5 Å². The Hall–Kier alpha value is -1.84. The second-order valence-corrected chi connectivity index (χ2v) is 7.56. The quantitative estimate of drug-likeness (QED) is 0.872. The van der Waals surface area contributed by atoms with E-state index in [0.29, 0.717) is 12.5 Å². The highest BCUT2D eigenvalue weighted by Gasteiger charge is 2.18. The SMILES string of the molecule is Cc1cccc(CN2CCOc3ccc(C(O)CC(C)C)cc3C2)c1. The molecule has 2 aromatic carbocycles. The molecule has 3 heteroatoms. The van der Waals surface area contributed by atoms with Gasteiger partial charge in [0.1, 0.15) is 12.4 Å². The Bertz CT molecular complexity index is 711. The first-order valence-corrected chi connectivity index (χ1v) is 9.23. The largest absolute Gasteiger partial charge is 0.492 e. The summed E-state index contributed by atoms with van der Waals surface area (Å²) in [6.07, 6.45) is 0.380. The molecule has 0 saturated carbocycles. The molecule has 0 amide bonds. The minimum absolute atomic E-state index is 0.404. The van der Waals surface area contributed by atoms with Crippen LogP contribution in [0.3, 0.4) is 0 Å². The van der Waals surface area contributed by atoms with Gasteiger partial charge in [-0.1, -0.05) is 49.7 Å². The molecule has 1 atom stereocenters. The molecular formula is C22H29NO2. The van der Waals surface area contributed by atoms with Crippen LogP contribution in [0.5, 0.6) is 5.75 Å². The lowest BCUT2D eigenvalue weighted by Crippen LogP contribution is -2.25. The Kier molecular flexibility index (Phi) is 5.77. The van der Waals surface area contributed by atoms with Crippen molar-refractivity contribution >= 4 is 0 Å². The van der Waals surface area contributed by atoms with Gasteiger partial charge in [0.15, 0.2) is 0 Å². The Labute approximate surface area is 151 Å². The first-order valence-electron chi connectivity index (χ1n) is 9.23. The Morgan fingerprint density at radius 3 is 2.76 bits per heavy atom. The smallest absolute Gasteiger partial charge is 0.123 e. The second kappa shape index (κ2) is 8.03. The zero-order valence-electron chi connectivity index (χ0n) is 15.5. The third-order valence-corrected chi connectivity index (χ3v) is 4.71. The van der Waals surface area contributed by atoms with E-state index in [1.807, 2.05) is 12.1 Å². The van der Waals surface area contributed by atoms with E-state index in [2.05, 4.69) is 56.0 Å². The molecular weight excluding hydrogens is 310 g/mol. The van der Waals surface area contributed by atoms with Crippen LogP contribution in [0.25, 0.3) is 0 Å². The van der Waals surface area contributed by atoms with Gasteiger partial charge in [0, 0.05) is 25.2 Å². The average molecular weight is 339 g/mol. The molecule has 0 spiro atoms. The Morgan fingerprint density at radius 2 is 2.00 bits per heavy atom. The van der Waals surface area contributed by atoms with Crippen molar-refractivity contribution in [1.82, 2.24) is 4.90 Å². The van der Waals surface area contributed by atoms with Crippen LogP contribution in [0, 0.1) is 12.8 Å². The van der Waals surface area contributed by atoms with E-state index in [1.165, 1.54) is 16.7 Å². The highest BCUT2D eigenvalue weighted by molar-refractivity contribution is 5.39. The van der Waals surface area contributed by atoms with E-state index in [0.717, 1.165) is 37.4 Å². The van der Waals surface area contributed by atoms with Crippen molar-refractivity contribution in [2.45, 2.75) is 46.4 Å². The third-order valence-electron chi connectivity index (χ3n) is 4.71. The Balaban J connectivity index is 1.76. The summed E-state index contributed by atoms with van der Waals surface area (Å²) in [5, 5.41) is 10.4. The van der Waals surface area contributed by atoms with Gasteiger partial charge in [-0.2, -0.15) is 0 Å². The molecule has 134 valence electrons. The van der Waals surface area contributed by atoms with E-state index in [9.17, 15) is 5.11 Å². The second-order valence-electron chi connectivity index (χ2n) is 7.56. The summed E-state index contributed by atoms with van der Waals surface area (Å²) in [7, 11) is 0. The van der Waals surface area contributed by atoms with Crippen LogP contribution in [0.2, 0.25) is 0 Å². The minimum atomic E-state index is -0.404. The first-order chi connectivity index (χ1) is 12.0. The number of aliphatic hydroxyl groups excluding tert-OH is 1. The zero-order valence-corrected chi connectivity index (χ0v) is 15.5. The number of nitrogens with zero attached hydrogens (tertiary/aromatic N) is 1. The van der Waals surface area contributed by atoms with Crippen molar-refractivity contribution in [2.75, 3.05) is 13.2 Å². The highest BCUT2D eigenvalue weighted by atomic mass is 16.5. The lowest BCUT2D eigenvalue weighted by Gasteiger charge is -2.20. The van der Waals surface area contributed by atoms with Gasteiger partial charge in [0.25, 0.3) is 0 Å². The van der Waals surface area contributed by atoms with Crippen molar-refractivity contribution in [1.29, 1.82) is 0 Å². The molecule has 1 aliphatic rings. The van der Waals surface area contributed by atoms with Gasteiger partial charge in [0.2, 0.25) is 0 Å². The number of aliphatic hydroxyl groups is 1. The molecule has 2 aromatic rings. The number of ether oxygens (including phenoxy) is 1. The summed E-state index contributed by atoms with van der Waals surface area (Å²) in [5.41, 5.74) is 4.79. The molecule has 0 aliphatic carbocycles. The molecule has 1 heterocycles. The fraction of sp³-hybridized carbons (Fsp3) is 0.455. The van der Waals surface area contributed by atoms with Gasteiger partial charge in [-0.05, 0) is 42.5 Å². The standard InChI is InChI=1S/C22H29NO2/c1-16(2)11-21(24)19-7-8-22-20(13-19)15-23(9-10-25-22)14-18-6-4-5-17(3)12-18/h4-8,12-13,16,21,24H,9-11,14-15H2,1-3H3. The first kappa shape index (κ1) is 18.0. The van der Waals surface area contributed by atoms with Crippen molar-refractivity contribution in [2.24, 2.45) is 5.92 Å². The zero-order chi connectivity index (χ0) is 17.8. The van der Waals surface area contributed by atoms with Gasteiger partial charge < -0.3 is 9.84 Å². The summed E-state index contributed by atoms with van der Waals surface area (Å²) in [4.78, 5) is 2.42. The molecule has 0 bridgehead atoms. The van der Waals surface area contributed by atoms with Crippen LogP contribution in [-0.2, 0) is 13.1 Å². The third kappa shape index (κ3) is 4.83. The number of benzene rings is 2. The Morgan fingerprint density at radius 1 is 1.16 bits per heavy atom. The number of aryl methyl sites for hydroxylation is 1. The van der Waals surface area contributed by atoms with Crippen molar-refractivity contribution in [3.8, 4) is 5.75 Å². The van der Waals surface area contributed by atoms with Crippen LogP contribution in [0.4, 0.5) is 0 Å². The monoisotopic (exact) mass is 339 g/mol. The van der Waals surface area contributed by atoms with Crippen LogP contribution in [0.1, 0.15) is 48.6 Å². The van der Waals surface area contributed by atoms with Gasteiger partial charge in [-0.15, -0.1) is 0 Å².